The number of halogens is 2. The summed E-state index contributed by atoms with van der Waals surface area (Å²) in [5, 5.41) is 2.85. The Kier molecular flexibility index (Phi) is 4.34. The highest BCUT2D eigenvalue weighted by Gasteiger charge is 2.08. The number of carbonyl (C=O) groups is 1. The Morgan fingerprint density at radius 1 is 1.33 bits per heavy atom. The Morgan fingerprint density at radius 3 is 2.72 bits per heavy atom. The van der Waals surface area contributed by atoms with Crippen LogP contribution in [0.2, 0.25) is 0 Å². The van der Waals surface area contributed by atoms with Gasteiger partial charge in [-0.05, 0) is 81.3 Å². The molecule has 0 spiro atoms. The number of aryl methyl sites for hydroxylation is 1. The smallest absolute Gasteiger partial charge is 0.274 e. The largest absolute Gasteiger partial charge is 0.320 e. The van der Waals surface area contributed by atoms with E-state index in [4.69, 9.17) is 0 Å². The van der Waals surface area contributed by atoms with Crippen molar-refractivity contribution in [3.63, 3.8) is 0 Å². The van der Waals surface area contributed by atoms with Crippen molar-refractivity contribution in [3.8, 4) is 0 Å². The van der Waals surface area contributed by atoms with Crippen LogP contribution in [-0.4, -0.2) is 10.9 Å². The summed E-state index contributed by atoms with van der Waals surface area (Å²) in [6.45, 7) is 1.97. The molecule has 0 aliphatic carbocycles. The Hall–Kier alpha value is -0.950. The van der Waals surface area contributed by atoms with Gasteiger partial charge in [-0.15, -0.1) is 0 Å². The first-order valence-corrected chi connectivity index (χ1v) is 7.12. The lowest BCUT2D eigenvalue weighted by atomic mass is 10.2. The average Bonchev–Trinajstić information content (AvgIpc) is 2.33. The van der Waals surface area contributed by atoms with Crippen LogP contribution in [0.3, 0.4) is 0 Å². The number of nitrogens with one attached hydrogen (secondary N) is 1. The molecule has 92 valence electrons. The van der Waals surface area contributed by atoms with E-state index in [1.165, 1.54) is 0 Å². The molecule has 1 N–H and O–H groups in total. The summed E-state index contributed by atoms with van der Waals surface area (Å²) in [6, 6.07) is 9.35. The predicted molar refractivity (Wildman–Crippen MR) is 83.8 cm³/mol. The molecule has 1 amide bonds. The summed E-state index contributed by atoms with van der Waals surface area (Å²) in [5.41, 5.74) is 2.24. The van der Waals surface area contributed by atoms with Crippen LogP contribution in [-0.2, 0) is 0 Å². The van der Waals surface area contributed by atoms with Gasteiger partial charge >= 0.3 is 0 Å². The number of aromatic nitrogens is 1. The number of amides is 1. The minimum absolute atomic E-state index is 0.202. The van der Waals surface area contributed by atoms with Crippen LogP contribution in [0.4, 0.5) is 5.69 Å². The van der Waals surface area contributed by atoms with Gasteiger partial charge in [-0.3, -0.25) is 4.79 Å². The average molecular weight is 417 g/mol. The van der Waals surface area contributed by atoms with Crippen LogP contribution in [0, 0.1) is 10.5 Å². The van der Waals surface area contributed by atoms with Crippen LogP contribution in [0.5, 0.6) is 0 Å². The first-order valence-electron chi connectivity index (χ1n) is 5.25. The fourth-order valence-electron chi connectivity index (χ4n) is 1.46. The molecule has 0 fully saturated rings. The molecule has 3 nitrogen and oxygen atoms in total. The van der Waals surface area contributed by atoms with Gasteiger partial charge in [0.2, 0.25) is 0 Å². The second kappa shape index (κ2) is 5.79. The molecule has 0 unspecified atom stereocenters. The molecule has 0 bridgehead atoms. The molecule has 18 heavy (non-hydrogen) atoms. The highest BCUT2D eigenvalue weighted by molar-refractivity contribution is 14.1. The third-order valence-electron chi connectivity index (χ3n) is 2.40. The van der Waals surface area contributed by atoms with Crippen LogP contribution in [0.1, 0.15) is 16.1 Å². The minimum atomic E-state index is -0.202. The van der Waals surface area contributed by atoms with Crippen molar-refractivity contribution in [2.24, 2.45) is 0 Å². The predicted octanol–water partition coefficient (Wildman–Crippen LogP) is 4.01. The molecule has 0 saturated heterocycles. The number of benzene rings is 1. The summed E-state index contributed by atoms with van der Waals surface area (Å²) in [7, 11) is 0. The zero-order chi connectivity index (χ0) is 13.1. The molecule has 0 atom stereocenters. The molecule has 1 aromatic carbocycles. The maximum Gasteiger partial charge on any atom is 0.274 e. The molecule has 5 heteroatoms. The minimum Gasteiger partial charge on any atom is -0.320 e. The van der Waals surface area contributed by atoms with E-state index in [0.717, 1.165) is 19.3 Å². The molecule has 0 saturated carbocycles. The SMILES string of the molecule is Cc1cc(I)ccc1NC(=O)c1ccc(Br)cn1. The quantitative estimate of drug-likeness (QED) is 0.751. The number of pyridine rings is 1. The molecule has 1 heterocycles. The van der Waals surface area contributed by atoms with E-state index in [1.54, 1.807) is 18.3 Å². The van der Waals surface area contributed by atoms with Crippen molar-refractivity contribution < 1.29 is 4.79 Å². The van der Waals surface area contributed by atoms with Gasteiger partial charge in [-0.1, -0.05) is 0 Å². The van der Waals surface area contributed by atoms with Gasteiger partial charge in [-0.25, -0.2) is 4.98 Å². The summed E-state index contributed by atoms with van der Waals surface area (Å²) < 4.78 is 1.99. The van der Waals surface area contributed by atoms with E-state index in [1.807, 2.05) is 25.1 Å². The normalized spacial score (nSPS) is 10.2. The lowest BCUT2D eigenvalue weighted by Gasteiger charge is -2.08. The van der Waals surface area contributed by atoms with Crippen molar-refractivity contribution in [1.29, 1.82) is 0 Å². The molecule has 0 aliphatic rings. The van der Waals surface area contributed by atoms with E-state index in [-0.39, 0.29) is 5.91 Å². The van der Waals surface area contributed by atoms with Gasteiger partial charge in [0.05, 0.1) is 0 Å². The van der Waals surface area contributed by atoms with Crippen LogP contribution in [0.25, 0.3) is 0 Å². The Labute approximate surface area is 127 Å². The first-order chi connectivity index (χ1) is 8.56. The van der Waals surface area contributed by atoms with Gasteiger partial charge in [0.1, 0.15) is 5.69 Å². The number of carbonyl (C=O) groups excluding carboxylic acids is 1. The van der Waals surface area contributed by atoms with Crippen molar-refractivity contribution in [2.75, 3.05) is 5.32 Å². The third-order valence-corrected chi connectivity index (χ3v) is 3.54. The van der Waals surface area contributed by atoms with Gasteiger partial charge < -0.3 is 5.32 Å². The maximum atomic E-state index is 12.0. The molecular formula is C13H10BrIN2O. The summed E-state index contributed by atoms with van der Waals surface area (Å²) >= 11 is 5.53. The molecular weight excluding hydrogens is 407 g/mol. The third kappa shape index (κ3) is 3.29. The first kappa shape index (κ1) is 13.5. The molecule has 0 aliphatic heterocycles. The van der Waals surface area contributed by atoms with Crippen LogP contribution < -0.4 is 5.32 Å². The summed E-state index contributed by atoms with van der Waals surface area (Å²) in [4.78, 5) is 16.0. The van der Waals surface area contributed by atoms with Gasteiger partial charge in [0.15, 0.2) is 0 Å². The number of hydrogen-bond donors (Lipinski definition) is 1. The zero-order valence-electron chi connectivity index (χ0n) is 9.58. The van der Waals surface area contributed by atoms with E-state index >= 15 is 0 Å². The van der Waals surface area contributed by atoms with Crippen LogP contribution in [0.15, 0.2) is 41.0 Å². The van der Waals surface area contributed by atoms with E-state index < -0.39 is 0 Å². The Balaban J connectivity index is 2.18. The lowest BCUT2D eigenvalue weighted by molar-refractivity contribution is 0.102. The number of anilines is 1. The van der Waals surface area contributed by atoms with Crippen molar-refractivity contribution in [1.82, 2.24) is 4.98 Å². The van der Waals surface area contributed by atoms with E-state index in [0.29, 0.717) is 5.69 Å². The Morgan fingerprint density at radius 2 is 2.11 bits per heavy atom. The second-order valence-electron chi connectivity index (χ2n) is 3.78. The summed E-state index contributed by atoms with van der Waals surface area (Å²) in [5.74, 6) is -0.202. The number of nitrogens with zero attached hydrogens (tertiary/aromatic N) is 1. The molecule has 2 aromatic rings. The fraction of sp³-hybridized carbons (Fsp3) is 0.0769. The molecule has 1 aromatic heterocycles. The monoisotopic (exact) mass is 416 g/mol. The highest BCUT2D eigenvalue weighted by Crippen LogP contribution is 2.18. The Bertz CT molecular complexity index is 584. The van der Waals surface area contributed by atoms with Gasteiger partial charge in [0.25, 0.3) is 5.91 Å². The maximum absolute atomic E-state index is 12.0. The van der Waals surface area contributed by atoms with Gasteiger partial charge in [-0.2, -0.15) is 0 Å². The van der Waals surface area contributed by atoms with Crippen LogP contribution >= 0.6 is 38.5 Å². The van der Waals surface area contributed by atoms with Gasteiger partial charge in [0, 0.05) is 19.9 Å². The van der Waals surface area contributed by atoms with E-state index in [2.05, 4.69) is 48.8 Å². The number of hydrogen-bond acceptors (Lipinski definition) is 2. The lowest BCUT2D eigenvalue weighted by Crippen LogP contribution is -2.14. The van der Waals surface area contributed by atoms with Crippen molar-refractivity contribution >= 4 is 50.1 Å². The highest BCUT2D eigenvalue weighted by atomic mass is 127. The fourth-order valence-corrected chi connectivity index (χ4v) is 2.35. The number of rotatable bonds is 2. The topological polar surface area (TPSA) is 42.0 Å². The van der Waals surface area contributed by atoms with E-state index in [9.17, 15) is 4.79 Å². The standard InChI is InChI=1S/C13H10BrIN2O/c1-8-6-10(15)3-5-11(8)17-13(18)12-4-2-9(14)7-16-12/h2-7H,1H3,(H,17,18). The summed E-state index contributed by atoms with van der Waals surface area (Å²) in [6.07, 6.45) is 1.61. The van der Waals surface area contributed by atoms with Crippen molar-refractivity contribution in [2.45, 2.75) is 6.92 Å². The molecule has 0 radical (unpaired) electrons. The van der Waals surface area contributed by atoms with Crippen molar-refractivity contribution in [3.05, 3.63) is 55.8 Å². The zero-order valence-corrected chi connectivity index (χ0v) is 13.3. The molecule has 2 rings (SSSR count). The second-order valence-corrected chi connectivity index (χ2v) is 5.94.